The maximum atomic E-state index is 13.7. The summed E-state index contributed by atoms with van der Waals surface area (Å²) in [6.07, 6.45) is 6.78. The quantitative estimate of drug-likeness (QED) is 0.227. The van der Waals surface area contributed by atoms with Crippen LogP contribution in [0.5, 0.6) is 5.75 Å². The van der Waals surface area contributed by atoms with Gasteiger partial charge in [-0.1, -0.05) is 36.4 Å². The molecule has 0 spiro atoms. The Kier molecular flexibility index (Phi) is 6.82. The zero-order chi connectivity index (χ0) is 26.8. The molecule has 1 N–H and O–H groups in total. The van der Waals surface area contributed by atoms with Crippen LogP contribution in [-0.4, -0.2) is 39.2 Å². The predicted molar refractivity (Wildman–Crippen MR) is 160 cm³/mol. The molecule has 194 valence electrons. The summed E-state index contributed by atoms with van der Waals surface area (Å²) in [4.78, 5) is 24.3. The van der Waals surface area contributed by atoms with Crippen LogP contribution in [0.4, 0.5) is 5.69 Å². The summed E-state index contributed by atoms with van der Waals surface area (Å²) in [5, 5.41) is 1.88. The van der Waals surface area contributed by atoms with Crippen LogP contribution in [-0.2, 0) is 11.2 Å². The van der Waals surface area contributed by atoms with E-state index >= 15 is 0 Å². The van der Waals surface area contributed by atoms with Gasteiger partial charge in [-0.3, -0.25) is 9.69 Å². The number of aryl methyl sites for hydroxylation is 1. The molecule has 0 unspecified atom stereocenters. The Morgan fingerprint density at radius 2 is 1.77 bits per heavy atom. The molecule has 0 atom stereocenters. The largest absolute Gasteiger partial charge is 0.497 e. The van der Waals surface area contributed by atoms with Crippen molar-refractivity contribution in [2.24, 2.45) is 4.99 Å². The summed E-state index contributed by atoms with van der Waals surface area (Å²) in [5.41, 5.74) is 6.20. The van der Waals surface area contributed by atoms with Gasteiger partial charge >= 0.3 is 0 Å². The number of amidine groups is 1. The molecule has 1 amide bonds. The van der Waals surface area contributed by atoms with Crippen molar-refractivity contribution in [3.05, 3.63) is 119 Å². The molecule has 3 heterocycles. The molecule has 1 saturated heterocycles. The Morgan fingerprint density at radius 1 is 1.00 bits per heavy atom. The minimum atomic E-state index is -0.0237. The first kappa shape index (κ1) is 24.8. The molecule has 2 aromatic heterocycles. The van der Waals surface area contributed by atoms with E-state index in [2.05, 4.69) is 40.9 Å². The number of ether oxygens (including phenoxy) is 1. The molecule has 1 aliphatic rings. The number of hydrogen-bond acceptors (Lipinski definition) is 4. The molecule has 1 aliphatic heterocycles. The second kappa shape index (κ2) is 10.7. The van der Waals surface area contributed by atoms with Crippen LogP contribution in [0.1, 0.15) is 16.8 Å². The first-order valence-corrected chi connectivity index (χ1v) is 13.6. The van der Waals surface area contributed by atoms with E-state index in [0.717, 1.165) is 40.3 Å². The molecule has 0 radical (unpaired) electrons. The number of nitrogens with zero attached hydrogens (tertiary/aromatic N) is 3. The number of hydrogen-bond donors (Lipinski definition) is 1. The van der Waals surface area contributed by atoms with Gasteiger partial charge < -0.3 is 14.3 Å². The second-order valence-corrected chi connectivity index (χ2v) is 10.4. The van der Waals surface area contributed by atoms with E-state index in [0.29, 0.717) is 16.6 Å². The summed E-state index contributed by atoms with van der Waals surface area (Å²) in [6.45, 7) is 2.61. The van der Waals surface area contributed by atoms with Gasteiger partial charge in [0.15, 0.2) is 5.17 Å². The number of thioether (sulfide) groups is 1. The molecule has 5 aromatic rings. The first-order valence-electron chi connectivity index (χ1n) is 12.8. The number of nitrogens with one attached hydrogen (secondary N) is 1. The minimum absolute atomic E-state index is 0.0237. The van der Waals surface area contributed by atoms with Gasteiger partial charge in [-0.15, -0.1) is 0 Å². The summed E-state index contributed by atoms with van der Waals surface area (Å²) < 4.78 is 7.41. The Hall–Kier alpha value is -4.49. The number of para-hydroxylation sites is 2. The number of carbonyl (C=O) groups is 1. The maximum Gasteiger partial charge on any atom is 0.266 e. The van der Waals surface area contributed by atoms with E-state index in [1.807, 2.05) is 79.0 Å². The standard InChI is InChI=1S/C32H28N4O2S/c1-22-18-23(21-36(22)26-12-14-27(38-2)15-13-26)19-30-31(37)35(32(39-30)34-25-8-4-3-5-9-25)17-16-24-20-33-29-11-7-6-10-28(24)29/h3-15,18-21,33H,16-17H2,1-2H3/b30-19+,34-32?. The number of aromatic nitrogens is 2. The monoisotopic (exact) mass is 532 g/mol. The molecule has 1 fully saturated rings. The van der Waals surface area contributed by atoms with E-state index in [1.165, 1.54) is 22.7 Å². The number of H-pyrrole nitrogens is 1. The molecule has 0 bridgehead atoms. The van der Waals surface area contributed by atoms with E-state index in [9.17, 15) is 4.79 Å². The van der Waals surface area contributed by atoms with Crippen molar-refractivity contribution in [2.75, 3.05) is 13.7 Å². The number of fused-ring (bicyclic) bond motifs is 1. The molecule has 6 nitrogen and oxygen atoms in total. The van der Waals surface area contributed by atoms with Crippen molar-refractivity contribution in [3.8, 4) is 11.4 Å². The third-order valence-corrected chi connectivity index (χ3v) is 7.84. The van der Waals surface area contributed by atoms with Crippen LogP contribution in [0.15, 0.2) is 107 Å². The van der Waals surface area contributed by atoms with Gasteiger partial charge in [0.05, 0.1) is 17.7 Å². The highest BCUT2D eigenvalue weighted by atomic mass is 32.2. The van der Waals surface area contributed by atoms with Gasteiger partial charge in [0, 0.05) is 41.2 Å². The van der Waals surface area contributed by atoms with Gasteiger partial charge in [-0.2, -0.15) is 0 Å². The molecule has 7 heteroatoms. The fraction of sp³-hybridized carbons (Fsp3) is 0.125. The molecular weight excluding hydrogens is 504 g/mol. The Labute approximate surface area is 231 Å². The lowest BCUT2D eigenvalue weighted by atomic mass is 10.1. The van der Waals surface area contributed by atoms with Gasteiger partial charge in [-0.05, 0) is 90.8 Å². The van der Waals surface area contributed by atoms with E-state index < -0.39 is 0 Å². The fourth-order valence-electron chi connectivity index (χ4n) is 4.82. The predicted octanol–water partition coefficient (Wildman–Crippen LogP) is 7.12. The SMILES string of the molecule is COc1ccc(-n2cc(/C=C3/SC(=Nc4ccccc4)N(CCc4c[nH]c5ccccc45)C3=O)cc2C)cc1. The Bertz CT molecular complexity index is 1700. The first-order chi connectivity index (χ1) is 19.1. The van der Waals surface area contributed by atoms with Gasteiger partial charge in [0.2, 0.25) is 0 Å². The van der Waals surface area contributed by atoms with Gasteiger partial charge in [0.1, 0.15) is 5.75 Å². The Morgan fingerprint density at radius 3 is 2.56 bits per heavy atom. The number of aliphatic imine (C=N–C) groups is 1. The molecule has 0 saturated carbocycles. The zero-order valence-electron chi connectivity index (χ0n) is 21.8. The van der Waals surface area contributed by atoms with Crippen LogP contribution in [0, 0.1) is 6.92 Å². The molecule has 0 aliphatic carbocycles. The number of methoxy groups -OCH3 is 1. The fourth-order valence-corrected chi connectivity index (χ4v) is 5.85. The van der Waals surface area contributed by atoms with Crippen molar-refractivity contribution < 1.29 is 9.53 Å². The minimum Gasteiger partial charge on any atom is -0.497 e. The lowest BCUT2D eigenvalue weighted by Gasteiger charge is -2.15. The summed E-state index contributed by atoms with van der Waals surface area (Å²) in [5.74, 6) is 0.793. The van der Waals surface area contributed by atoms with Crippen molar-refractivity contribution >= 4 is 45.5 Å². The average Bonchev–Trinajstić information content (AvgIpc) is 3.63. The normalized spacial score (nSPS) is 15.6. The third-order valence-electron chi connectivity index (χ3n) is 6.83. The highest BCUT2D eigenvalue weighted by Crippen LogP contribution is 2.35. The van der Waals surface area contributed by atoms with Crippen LogP contribution in [0.2, 0.25) is 0 Å². The highest BCUT2D eigenvalue weighted by molar-refractivity contribution is 8.18. The highest BCUT2D eigenvalue weighted by Gasteiger charge is 2.33. The summed E-state index contributed by atoms with van der Waals surface area (Å²) in [7, 11) is 1.66. The van der Waals surface area contributed by atoms with E-state index in [1.54, 1.807) is 12.0 Å². The topological polar surface area (TPSA) is 62.6 Å². The van der Waals surface area contributed by atoms with Crippen LogP contribution in [0.25, 0.3) is 22.7 Å². The summed E-state index contributed by atoms with van der Waals surface area (Å²) in [6, 6.07) is 28.1. The molecule has 6 rings (SSSR count). The zero-order valence-corrected chi connectivity index (χ0v) is 22.6. The maximum absolute atomic E-state index is 13.7. The lowest BCUT2D eigenvalue weighted by Crippen LogP contribution is -2.31. The number of amides is 1. The van der Waals surface area contributed by atoms with Crippen LogP contribution >= 0.6 is 11.8 Å². The van der Waals surface area contributed by atoms with Crippen molar-refractivity contribution in [1.29, 1.82) is 0 Å². The van der Waals surface area contributed by atoms with Crippen molar-refractivity contribution in [3.63, 3.8) is 0 Å². The second-order valence-electron chi connectivity index (χ2n) is 9.39. The number of rotatable bonds is 7. The number of carbonyl (C=O) groups excluding carboxylic acids is 1. The number of aromatic amines is 1. The van der Waals surface area contributed by atoms with E-state index in [4.69, 9.17) is 9.73 Å². The smallest absolute Gasteiger partial charge is 0.266 e. The van der Waals surface area contributed by atoms with Gasteiger partial charge in [0.25, 0.3) is 5.91 Å². The van der Waals surface area contributed by atoms with E-state index in [-0.39, 0.29) is 5.91 Å². The van der Waals surface area contributed by atoms with Crippen LogP contribution < -0.4 is 4.74 Å². The molecular formula is C32H28N4O2S. The average molecular weight is 533 g/mol. The molecule has 3 aromatic carbocycles. The summed E-state index contributed by atoms with van der Waals surface area (Å²) >= 11 is 1.43. The lowest BCUT2D eigenvalue weighted by molar-refractivity contribution is -0.122. The van der Waals surface area contributed by atoms with Crippen molar-refractivity contribution in [2.45, 2.75) is 13.3 Å². The number of benzene rings is 3. The molecule has 39 heavy (non-hydrogen) atoms. The van der Waals surface area contributed by atoms with Crippen LogP contribution in [0.3, 0.4) is 0 Å². The third kappa shape index (κ3) is 5.13. The Balaban J connectivity index is 1.29. The van der Waals surface area contributed by atoms with Crippen molar-refractivity contribution in [1.82, 2.24) is 14.5 Å². The van der Waals surface area contributed by atoms with Gasteiger partial charge in [-0.25, -0.2) is 4.99 Å².